The molecule has 0 radical (unpaired) electrons. The van der Waals surface area contributed by atoms with E-state index in [9.17, 15) is 0 Å². The summed E-state index contributed by atoms with van der Waals surface area (Å²) < 4.78 is 5.91. The fourth-order valence-corrected chi connectivity index (χ4v) is 3.54. The lowest BCUT2D eigenvalue weighted by molar-refractivity contribution is 0.260. The van der Waals surface area contributed by atoms with E-state index in [1.54, 1.807) is 0 Å². The number of likely N-dealkylation sites (N-methyl/N-ethyl adjacent to an activating group) is 1. The Morgan fingerprint density at radius 2 is 2.00 bits per heavy atom. The smallest absolute Gasteiger partial charge is 0.120 e. The second kappa shape index (κ2) is 9.23. The molecule has 2 aromatic carbocycles. The van der Waals surface area contributed by atoms with Crippen molar-refractivity contribution in [1.82, 2.24) is 10.2 Å². The molecular weight excluding hydrogens is 332 g/mol. The molecule has 0 saturated carbocycles. The minimum absolute atomic E-state index is 0.557. The summed E-state index contributed by atoms with van der Waals surface area (Å²) in [5.74, 6) is 0.908. The molecule has 0 bridgehead atoms. The van der Waals surface area contributed by atoms with Crippen molar-refractivity contribution in [2.75, 3.05) is 19.6 Å². The first-order valence-electron chi connectivity index (χ1n) is 9.15. The summed E-state index contributed by atoms with van der Waals surface area (Å²) >= 11 is 5.91. The van der Waals surface area contributed by atoms with Gasteiger partial charge < -0.3 is 10.1 Å². The summed E-state index contributed by atoms with van der Waals surface area (Å²) in [6, 6.07) is 16.8. The molecule has 0 aromatic heterocycles. The van der Waals surface area contributed by atoms with Gasteiger partial charge >= 0.3 is 0 Å². The highest BCUT2D eigenvalue weighted by atomic mass is 35.5. The molecule has 0 aliphatic carbocycles. The van der Waals surface area contributed by atoms with Gasteiger partial charge in [-0.25, -0.2) is 0 Å². The first kappa shape index (κ1) is 18.2. The molecule has 1 aliphatic heterocycles. The molecule has 0 spiro atoms. The number of hydrogen-bond acceptors (Lipinski definition) is 3. The number of rotatable bonds is 8. The molecule has 1 heterocycles. The van der Waals surface area contributed by atoms with E-state index in [4.69, 9.17) is 16.3 Å². The Morgan fingerprint density at radius 1 is 1.16 bits per heavy atom. The largest absolute Gasteiger partial charge is 0.489 e. The topological polar surface area (TPSA) is 24.5 Å². The Balaban J connectivity index is 1.47. The standard InChI is InChI=1S/C21H27ClN2O/c1-2-24-12-4-6-20(24)15-23-14-18-5-3-7-21(13-18)25-16-17-8-10-19(22)11-9-17/h3,5,7-11,13,20,23H,2,4,6,12,14-16H2,1H3. The number of benzene rings is 2. The molecule has 1 unspecified atom stereocenters. The van der Waals surface area contributed by atoms with Crippen LogP contribution in [0.1, 0.15) is 30.9 Å². The van der Waals surface area contributed by atoms with E-state index in [2.05, 4.69) is 35.3 Å². The van der Waals surface area contributed by atoms with Gasteiger partial charge in [-0.1, -0.05) is 42.8 Å². The summed E-state index contributed by atoms with van der Waals surface area (Å²) in [4.78, 5) is 2.57. The molecule has 3 rings (SSSR count). The fraction of sp³-hybridized carbons (Fsp3) is 0.429. The number of likely N-dealkylation sites (tertiary alicyclic amines) is 1. The van der Waals surface area contributed by atoms with Crippen molar-refractivity contribution in [2.45, 2.75) is 39.0 Å². The van der Waals surface area contributed by atoms with Crippen molar-refractivity contribution in [2.24, 2.45) is 0 Å². The van der Waals surface area contributed by atoms with Crippen LogP contribution >= 0.6 is 11.6 Å². The molecule has 4 heteroatoms. The Bertz CT molecular complexity index is 659. The first-order valence-corrected chi connectivity index (χ1v) is 9.53. The molecule has 25 heavy (non-hydrogen) atoms. The maximum atomic E-state index is 5.91. The number of nitrogens with one attached hydrogen (secondary N) is 1. The van der Waals surface area contributed by atoms with Crippen molar-refractivity contribution in [3.63, 3.8) is 0 Å². The van der Waals surface area contributed by atoms with Crippen LogP contribution in [-0.2, 0) is 13.2 Å². The average molecular weight is 359 g/mol. The normalized spacial score (nSPS) is 17.8. The Kier molecular flexibility index (Phi) is 6.74. The summed E-state index contributed by atoms with van der Waals surface area (Å²) in [5, 5.41) is 4.35. The second-order valence-corrected chi connectivity index (χ2v) is 7.05. The van der Waals surface area contributed by atoms with Crippen LogP contribution in [0, 0.1) is 0 Å². The molecule has 1 N–H and O–H groups in total. The molecule has 0 amide bonds. The fourth-order valence-electron chi connectivity index (χ4n) is 3.42. The van der Waals surface area contributed by atoms with Crippen molar-refractivity contribution in [1.29, 1.82) is 0 Å². The highest BCUT2D eigenvalue weighted by molar-refractivity contribution is 6.30. The zero-order valence-corrected chi connectivity index (χ0v) is 15.6. The molecule has 1 aliphatic rings. The predicted octanol–water partition coefficient (Wildman–Crippen LogP) is 4.49. The Morgan fingerprint density at radius 3 is 2.80 bits per heavy atom. The van der Waals surface area contributed by atoms with Gasteiger partial charge in [0.25, 0.3) is 0 Å². The van der Waals surface area contributed by atoms with E-state index in [0.717, 1.165) is 36.0 Å². The van der Waals surface area contributed by atoms with Crippen molar-refractivity contribution >= 4 is 11.6 Å². The maximum absolute atomic E-state index is 5.91. The Hall–Kier alpha value is -1.55. The monoisotopic (exact) mass is 358 g/mol. The summed E-state index contributed by atoms with van der Waals surface area (Å²) in [7, 11) is 0. The third-order valence-electron chi connectivity index (χ3n) is 4.83. The van der Waals surface area contributed by atoms with Gasteiger partial charge in [-0.3, -0.25) is 4.90 Å². The van der Waals surface area contributed by atoms with E-state index in [1.807, 2.05) is 30.3 Å². The van der Waals surface area contributed by atoms with Gasteiger partial charge in [0.15, 0.2) is 0 Å². The third-order valence-corrected chi connectivity index (χ3v) is 5.08. The van der Waals surface area contributed by atoms with E-state index in [0.29, 0.717) is 12.6 Å². The van der Waals surface area contributed by atoms with Crippen molar-refractivity contribution < 1.29 is 4.74 Å². The van der Waals surface area contributed by atoms with E-state index >= 15 is 0 Å². The lowest BCUT2D eigenvalue weighted by atomic mass is 10.2. The van der Waals surface area contributed by atoms with E-state index in [-0.39, 0.29) is 0 Å². The van der Waals surface area contributed by atoms with E-state index in [1.165, 1.54) is 24.9 Å². The van der Waals surface area contributed by atoms with E-state index < -0.39 is 0 Å². The quantitative estimate of drug-likeness (QED) is 0.752. The molecule has 134 valence electrons. The SMILES string of the molecule is CCN1CCCC1CNCc1cccc(OCc2ccc(Cl)cc2)c1. The number of halogens is 1. The summed E-state index contributed by atoms with van der Waals surface area (Å²) in [5.41, 5.74) is 2.38. The van der Waals surface area contributed by atoms with Gasteiger partial charge in [0, 0.05) is 24.2 Å². The van der Waals surface area contributed by atoms with Gasteiger partial charge in [0.05, 0.1) is 0 Å². The maximum Gasteiger partial charge on any atom is 0.120 e. The van der Waals surface area contributed by atoms with Crippen LogP contribution in [0.15, 0.2) is 48.5 Å². The minimum Gasteiger partial charge on any atom is -0.489 e. The van der Waals surface area contributed by atoms with Crippen LogP contribution in [-0.4, -0.2) is 30.6 Å². The van der Waals surface area contributed by atoms with Crippen LogP contribution in [0.25, 0.3) is 0 Å². The molecule has 2 aromatic rings. The van der Waals surface area contributed by atoms with Crippen molar-refractivity contribution in [3.8, 4) is 5.75 Å². The highest BCUT2D eigenvalue weighted by Gasteiger charge is 2.21. The number of hydrogen-bond donors (Lipinski definition) is 1. The molecular formula is C21H27ClN2O. The molecule has 1 atom stereocenters. The summed E-state index contributed by atoms with van der Waals surface area (Å²) in [6.45, 7) is 7.15. The number of nitrogens with zero attached hydrogens (tertiary/aromatic N) is 1. The highest BCUT2D eigenvalue weighted by Crippen LogP contribution is 2.18. The molecule has 3 nitrogen and oxygen atoms in total. The zero-order chi connectivity index (χ0) is 17.5. The molecule has 1 saturated heterocycles. The lowest BCUT2D eigenvalue weighted by Crippen LogP contribution is -2.37. The van der Waals surface area contributed by atoms with Crippen LogP contribution in [0.5, 0.6) is 5.75 Å². The average Bonchev–Trinajstić information content (AvgIpc) is 3.09. The van der Waals surface area contributed by atoms with Gasteiger partial charge in [0.1, 0.15) is 12.4 Å². The molecule has 1 fully saturated rings. The zero-order valence-electron chi connectivity index (χ0n) is 14.9. The van der Waals surface area contributed by atoms with Gasteiger partial charge in [-0.05, 0) is 61.3 Å². The summed E-state index contributed by atoms with van der Waals surface area (Å²) in [6.07, 6.45) is 2.64. The Labute approximate surface area is 155 Å². The first-order chi connectivity index (χ1) is 12.2. The lowest BCUT2D eigenvalue weighted by Gasteiger charge is -2.23. The van der Waals surface area contributed by atoms with Crippen LogP contribution in [0.2, 0.25) is 5.02 Å². The van der Waals surface area contributed by atoms with Gasteiger partial charge in [-0.2, -0.15) is 0 Å². The van der Waals surface area contributed by atoms with Gasteiger partial charge in [-0.15, -0.1) is 0 Å². The minimum atomic E-state index is 0.557. The third kappa shape index (κ3) is 5.46. The van der Waals surface area contributed by atoms with Crippen LogP contribution in [0.3, 0.4) is 0 Å². The number of ether oxygens (including phenoxy) is 1. The van der Waals surface area contributed by atoms with Gasteiger partial charge in [0.2, 0.25) is 0 Å². The van der Waals surface area contributed by atoms with Crippen LogP contribution in [0.4, 0.5) is 0 Å². The van der Waals surface area contributed by atoms with Crippen LogP contribution < -0.4 is 10.1 Å². The van der Waals surface area contributed by atoms with Crippen molar-refractivity contribution in [3.05, 3.63) is 64.7 Å². The predicted molar refractivity (Wildman–Crippen MR) is 104 cm³/mol. The second-order valence-electron chi connectivity index (χ2n) is 6.62.